The molecule has 0 aliphatic rings. The summed E-state index contributed by atoms with van der Waals surface area (Å²) in [6.07, 6.45) is 8.36. The van der Waals surface area contributed by atoms with Gasteiger partial charge >= 0.3 is 0 Å². The van der Waals surface area contributed by atoms with Gasteiger partial charge < -0.3 is 19.5 Å². The van der Waals surface area contributed by atoms with Crippen LogP contribution in [0.5, 0.6) is 0 Å². The van der Waals surface area contributed by atoms with Crippen LogP contribution >= 0.6 is 7.51 Å². The fourth-order valence-corrected chi connectivity index (χ4v) is 6.26. The first-order valence-electron chi connectivity index (χ1n) is 13.6. The molecular formula is C28H59N2O4P. The minimum Gasteiger partial charge on any atom is -0.390 e. The summed E-state index contributed by atoms with van der Waals surface area (Å²) in [6.45, 7) is 23.7. The van der Waals surface area contributed by atoms with Crippen LogP contribution < -0.4 is 5.32 Å². The van der Waals surface area contributed by atoms with Gasteiger partial charge in [0.15, 0.2) is 0 Å². The number of hydrogen-bond donors (Lipinski definition) is 3. The molecule has 0 spiro atoms. The molecule has 6 nitrogen and oxygen atoms in total. The fraction of sp³-hybridized carbons (Fsp3) is 0.964. The molecule has 1 amide bonds. The quantitative estimate of drug-likeness (QED) is 0.126. The van der Waals surface area contributed by atoms with Crippen LogP contribution in [-0.2, 0) is 13.8 Å². The molecule has 2 unspecified atom stereocenters. The third-order valence-electron chi connectivity index (χ3n) is 6.13. The summed E-state index contributed by atoms with van der Waals surface area (Å²) in [4.78, 5) is 12.2. The molecule has 0 rings (SSSR count). The molecule has 7 heteroatoms. The number of carbonyl (C=O) groups is 1. The Morgan fingerprint density at radius 1 is 0.971 bits per heavy atom. The van der Waals surface area contributed by atoms with Crippen molar-refractivity contribution in [2.75, 3.05) is 19.8 Å². The third-order valence-corrected chi connectivity index (χ3v) is 7.66. The maximum absolute atomic E-state index is 12.2. The molecule has 0 aromatic carbocycles. The van der Waals surface area contributed by atoms with E-state index >= 15 is 0 Å². The second-order valence-electron chi connectivity index (χ2n) is 13.8. The lowest BCUT2D eigenvalue weighted by atomic mass is 9.71. The average molecular weight is 519 g/mol. The molecule has 2 atom stereocenters. The van der Waals surface area contributed by atoms with Crippen LogP contribution in [-0.4, -0.2) is 42.0 Å². The zero-order valence-electron chi connectivity index (χ0n) is 25.0. The molecule has 0 aromatic heterocycles. The van der Waals surface area contributed by atoms with E-state index in [1.807, 2.05) is 34.6 Å². The van der Waals surface area contributed by atoms with Crippen LogP contribution in [0.3, 0.4) is 0 Å². The van der Waals surface area contributed by atoms with Crippen molar-refractivity contribution in [3.63, 3.8) is 0 Å². The summed E-state index contributed by atoms with van der Waals surface area (Å²) >= 11 is 0. The Labute approximate surface area is 217 Å². The van der Waals surface area contributed by atoms with Gasteiger partial charge in [0, 0.05) is 19.6 Å². The second-order valence-corrected chi connectivity index (χ2v) is 16.0. The van der Waals surface area contributed by atoms with E-state index < -0.39 is 18.7 Å². The highest BCUT2D eigenvalue weighted by Crippen LogP contribution is 2.49. The first-order chi connectivity index (χ1) is 15.7. The van der Waals surface area contributed by atoms with Gasteiger partial charge in [0.2, 0.25) is 13.4 Å². The number of amides is 1. The van der Waals surface area contributed by atoms with Crippen LogP contribution in [0.4, 0.5) is 0 Å². The van der Waals surface area contributed by atoms with Crippen molar-refractivity contribution in [3.8, 4) is 0 Å². The first kappa shape index (κ1) is 34.6. The molecular weight excluding hydrogens is 459 g/mol. The van der Waals surface area contributed by atoms with Crippen LogP contribution in [0.1, 0.15) is 127 Å². The first-order valence-corrected chi connectivity index (χ1v) is 15.7. The number of rotatable bonds is 18. The lowest BCUT2D eigenvalue weighted by molar-refractivity contribution is -0.121. The van der Waals surface area contributed by atoms with Gasteiger partial charge in [-0.3, -0.25) is 9.96 Å². The van der Waals surface area contributed by atoms with Crippen molar-refractivity contribution in [2.45, 2.75) is 138 Å². The minimum atomic E-state index is -2.66. The fourth-order valence-electron chi connectivity index (χ4n) is 4.67. The maximum Gasteiger partial charge on any atom is 0.220 e. The summed E-state index contributed by atoms with van der Waals surface area (Å²) in [7, 11) is -2.66. The molecule has 0 aromatic rings. The van der Waals surface area contributed by atoms with Crippen LogP contribution in [0.15, 0.2) is 0 Å². The maximum atomic E-state index is 12.2. The summed E-state index contributed by atoms with van der Waals surface area (Å²) < 4.78 is 11.9. The van der Waals surface area contributed by atoms with Crippen molar-refractivity contribution in [2.24, 2.45) is 16.7 Å². The zero-order chi connectivity index (χ0) is 27.6. The van der Waals surface area contributed by atoms with Gasteiger partial charge in [-0.1, -0.05) is 47.5 Å². The Kier molecular flexibility index (Phi) is 14.3. The Balaban J connectivity index is 4.96. The van der Waals surface area contributed by atoms with Crippen molar-refractivity contribution in [1.29, 1.82) is 5.16 Å². The molecule has 0 fully saturated rings. The molecule has 0 bridgehead atoms. The molecule has 3 N–H and O–H groups in total. The smallest absolute Gasteiger partial charge is 0.220 e. The molecule has 0 aliphatic heterocycles. The van der Waals surface area contributed by atoms with E-state index in [-0.39, 0.29) is 22.7 Å². The summed E-state index contributed by atoms with van der Waals surface area (Å²) in [5, 5.41) is 21.9. The summed E-state index contributed by atoms with van der Waals surface area (Å²) in [5.41, 5.74) is -1.02. The van der Waals surface area contributed by atoms with E-state index in [9.17, 15) is 9.90 Å². The topological polar surface area (TPSA) is 91.6 Å². The van der Waals surface area contributed by atoms with E-state index in [2.05, 4.69) is 39.9 Å². The molecule has 0 radical (unpaired) electrons. The highest BCUT2D eigenvalue weighted by atomic mass is 31.2. The van der Waals surface area contributed by atoms with Gasteiger partial charge in [0.1, 0.15) is 0 Å². The van der Waals surface area contributed by atoms with Gasteiger partial charge in [-0.15, -0.1) is 0 Å². The molecule has 210 valence electrons. The average Bonchev–Trinajstić information content (AvgIpc) is 2.62. The number of hydrogen-bond acceptors (Lipinski definition) is 5. The molecule has 0 saturated carbocycles. The van der Waals surface area contributed by atoms with E-state index in [0.717, 1.165) is 44.9 Å². The van der Waals surface area contributed by atoms with Gasteiger partial charge in [0.25, 0.3) is 0 Å². The Morgan fingerprint density at radius 2 is 1.54 bits per heavy atom. The molecule has 0 aliphatic carbocycles. The predicted octanol–water partition coefficient (Wildman–Crippen LogP) is 8.14. The lowest BCUT2D eigenvalue weighted by Crippen LogP contribution is -2.36. The van der Waals surface area contributed by atoms with Gasteiger partial charge in [0.05, 0.1) is 17.8 Å². The van der Waals surface area contributed by atoms with Crippen LogP contribution in [0.2, 0.25) is 0 Å². The van der Waals surface area contributed by atoms with Gasteiger partial charge in [-0.05, 0) is 89.9 Å². The lowest BCUT2D eigenvalue weighted by Gasteiger charge is -2.36. The van der Waals surface area contributed by atoms with Gasteiger partial charge in [-0.25, -0.2) is 0 Å². The Hall–Kier alpha value is -0.420. The largest absolute Gasteiger partial charge is 0.390 e. The van der Waals surface area contributed by atoms with E-state index in [1.54, 1.807) is 6.66 Å². The Morgan fingerprint density at radius 3 is 2.06 bits per heavy atom. The molecule has 35 heavy (non-hydrogen) atoms. The predicted molar refractivity (Wildman–Crippen MR) is 150 cm³/mol. The molecule has 0 saturated heterocycles. The second kappa shape index (κ2) is 14.5. The highest BCUT2D eigenvalue weighted by molar-refractivity contribution is 7.54. The molecule has 0 heterocycles. The van der Waals surface area contributed by atoms with Crippen LogP contribution in [0.25, 0.3) is 0 Å². The van der Waals surface area contributed by atoms with E-state index in [1.165, 1.54) is 0 Å². The highest BCUT2D eigenvalue weighted by Gasteiger charge is 2.31. The van der Waals surface area contributed by atoms with E-state index in [4.69, 9.17) is 14.2 Å². The third kappa shape index (κ3) is 20.3. The minimum absolute atomic E-state index is 0.00876. The van der Waals surface area contributed by atoms with Gasteiger partial charge in [-0.2, -0.15) is 0 Å². The number of nitrogens with one attached hydrogen (secondary N) is 2. The Bertz CT molecular complexity index is 663. The zero-order valence-corrected chi connectivity index (χ0v) is 25.9. The monoisotopic (exact) mass is 518 g/mol. The summed E-state index contributed by atoms with van der Waals surface area (Å²) in [6, 6.07) is 0. The van der Waals surface area contributed by atoms with Crippen molar-refractivity contribution >= 4 is 13.4 Å². The normalized spacial score (nSPS) is 16.1. The van der Waals surface area contributed by atoms with Crippen molar-refractivity contribution < 1.29 is 18.9 Å². The standard InChI is InChI=1S/C28H59N2O4P/c1-12-13-14-15-24(31)30-22-27(7,8)21-26(5,6)18-16-23(17-19-28(9,10)32)20-33-35(11,29)34-25(2,3)4/h23,29,32H,12-22H2,1-11H3,(H,30,31). The van der Waals surface area contributed by atoms with Crippen LogP contribution in [0, 0.1) is 21.9 Å². The van der Waals surface area contributed by atoms with E-state index in [0.29, 0.717) is 26.0 Å². The number of aliphatic hydroxyl groups is 1. The SMILES string of the molecule is CCCCCC(=O)NCC(C)(C)CC(C)(C)CCC(CCC(C)(C)O)COP(C)(=N)OC(C)(C)C. The van der Waals surface area contributed by atoms with Crippen molar-refractivity contribution in [1.82, 2.24) is 5.32 Å². The number of carbonyl (C=O) groups excluding carboxylic acids is 1. The van der Waals surface area contributed by atoms with Crippen molar-refractivity contribution in [3.05, 3.63) is 0 Å². The number of unbranched alkanes of at least 4 members (excludes halogenated alkanes) is 2. The summed E-state index contributed by atoms with van der Waals surface area (Å²) in [5.74, 6) is 0.419.